The van der Waals surface area contributed by atoms with Crippen molar-refractivity contribution in [3.63, 3.8) is 0 Å². The quantitative estimate of drug-likeness (QED) is 0.811. The number of carboxylic acids is 1. The molecule has 1 aromatic rings. The lowest BCUT2D eigenvalue weighted by Crippen LogP contribution is -2.25. The lowest BCUT2D eigenvalue weighted by Gasteiger charge is -2.23. The maximum Gasteiger partial charge on any atom is 0.309 e. The summed E-state index contributed by atoms with van der Waals surface area (Å²) in [6.45, 7) is 10.5. The van der Waals surface area contributed by atoms with E-state index in [-0.39, 0.29) is 5.41 Å². The van der Waals surface area contributed by atoms with Gasteiger partial charge in [0, 0.05) is 0 Å². The molecule has 0 radical (unpaired) electrons. The Morgan fingerprint density at radius 3 is 2.15 bits per heavy atom. The highest BCUT2D eigenvalue weighted by Crippen LogP contribution is 2.28. The second-order valence-electron chi connectivity index (χ2n) is 6.55. The van der Waals surface area contributed by atoms with Crippen LogP contribution < -0.4 is 4.74 Å². The van der Waals surface area contributed by atoms with E-state index in [0.29, 0.717) is 13.0 Å². The van der Waals surface area contributed by atoms with Gasteiger partial charge in [-0.3, -0.25) is 4.79 Å². The summed E-state index contributed by atoms with van der Waals surface area (Å²) in [4.78, 5) is 11.0. The zero-order valence-corrected chi connectivity index (χ0v) is 13.2. The van der Waals surface area contributed by atoms with E-state index >= 15 is 0 Å². The van der Waals surface area contributed by atoms with Crippen molar-refractivity contribution in [2.75, 3.05) is 6.61 Å². The minimum atomic E-state index is -0.791. The molecule has 0 heterocycles. The van der Waals surface area contributed by atoms with E-state index < -0.39 is 11.4 Å². The normalized spacial score (nSPS) is 12.2. The molecule has 3 heteroatoms. The fraction of sp³-hybridized carbons (Fsp3) is 0.588. The van der Waals surface area contributed by atoms with Crippen LogP contribution in [-0.2, 0) is 10.2 Å². The molecule has 112 valence electrons. The molecule has 0 unspecified atom stereocenters. The highest BCUT2D eigenvalue weighted by Gasteiger charge is 2.26. The minimum Gasteiger partial charge on any atom is -0.494 e. The zero-order chi connectivity index (χ0) is 15.4. The van der Waals surface area contributed by atoms with Gasteiger partial charge >= 0.3 is 5.97 Å². The largest absolute Gasteiger partial charge is 0.494 e. The van der Waals surface area contributed by atoms with Crippen molar-refractivity contribution >= 4 is 5.97 Å². The molecule has 0 aromatic heterocycles. The fourth-order valence-electron chi connectivity index (χ4n) is 1.74. The molecule has 0 spiro atoms. The van der Waals surface area contributed by atoms with Crippen LogP contribution in [0, 0.1) is 5.41 Å². The number of hydrogen-bond donors (Lipinski definition) is 1. The molecule has 0 saturated carbocycles. The Kier molecular flexibility index (Phi) is 5.21. The summed E-state index contributed by atoms with van der Waals surface area (Å²) in [5.41, 5.74) is 0.715. The van der Waals surface area contributed by atoms with Crippen molar-refractivity contribution in [1.82, 2.24) is 0 Å². The third-order valence-corrected chi connectivity index (χ3v) is 4.09. The summed E-state index contributed by atoms with van der Waals surface area (Å²) in [6.07, 6.45) is 1.57. The molecule has 20 heavy (non-hydrogen) atoms. The van der Waals surface area contributed by atoms with Crippen LogP contribution in [0.4, 0.5) is 0 Å². The summed E-state index contributed by atoms with van der Waals surface area (Å²) in [5, 5.41) is 9.04. The van der Waals surface area contributed by atoms with Crippen LogP contribution in [0.2, 0.25) is 0 Å². The van der Waals surface area contributed by atoms with Crippen molar-refractivity contribution in [1.29, 1.82) is 0 Å². The monoisotopic (exact) mass is 278 g/mol. The second kappa shape index (κ2) is 6.29. The molecule has 3 nitrogen and oxygen atoms in total. The van der Waals surface area contributed by atoms with Gasteiger partial charge in [-0.1, -0.05) is 32.9 Å². The van der Waals surface area contributed by atoms with Gasteiger partial charge in [-0.05, 0) is 49.8 Å². The molecule has 0 atom stereocenters. The lowest BCUT2D eigenvalue weighted by molar-refractivity contribution is -0.147. The number of rotatable bonds is 7. The first kappa shape index (κ1) is 16.5. The third kappa shape index (κ3) is 4.26. The molecule has 0 fully saturated rings. The Labute approximate surface area is 122 Å². The van der Waals surface area contributed by atoms with Crippen LogP contribution in [0.1, 0.15) is 53.0 Å². The van der Waals surface area contributed by atoms with Crippen LogP contribution in [0.25, 0.3) is 0 Å². The first-order valence-electron chi connectivity index (χ1n) is 7.16. The van der Waals surface area contributed by atoms with Gasteiger partial charge in [-0.2, -0.15) is 0 Å². The summed E-state index contributed by atoms with van der Waals surface area (Å²) >= 11 is 0. The number of aliphatic carboxylic acids is 1. The van der Waals surface area contributed by atoms with E-state index in [0.717, 1.165) is 12.2 Å². The summed E-state index contributed by atoms with van der Waals surface area (Å²) in [5.74, 6) is 0.00276. The van der Waals surface area contributed by atoms with Crippen LogP contribution in [-0.4, -0.2) is 17.7 Å². The predicted molar refractivity (Wildman–Crippen MR) is 81.3 cm³/mol. The minimum absolute atomic E-state index is 0.170. The number of carbonyl (C=O) groups is 1. The van der Waals surface area contributed by atoms with Crippen molar-refractivity contribution < 1.29 is 14.6 Å². The average Bonchev–Trinajstić information content (AvgIpc) is 2.39. The molecular weight excluding hydrogens is 252 g/mol. The van der Waals surface area contributed by atoms with Gasteiger partial charge in [0.15, 0.2) is 0 Å². The number of carboxylic acid groups (broad SMARTS) is 1. The first-order chi connectivity index (χ1) is 9.19. The molecule has 0 bridgehead atoms. The molecule has 1 aromatic carbocycles. The molecule has 0 aliphatic heterocycles. The van der Waals surface area contributed by atoms with Crippen molar-refractivity contribution in [3.05, 3.63) is 29.8 Å². The molecule has 0 aliphatic carbocycles. The highest BCUT2D eigenvalue weighted by atomic mass is 16.5. The molecular formula is C17H26O3. The van der Waals surface area contributed by atoms with E-state index in [1.54, 1.807) is 13.8 Å². The number of ether oxygens (including phenoxy) is 1. The Morgan fingerprint density at radius 1 is 1.15 bits per heavy atom. The van der Waals surface area contributed by atoms with Crippen LogP contribution >= 0.6 is 0 Å². The zero-order valence-electron chi connectivity index (χ0n) is 13.2. The van der Waals surface area contributed by atoms with Gasteiger partial charge in [0.2, 0.25) is 0 Å². The van der Waals surface area contributed by atoms with E-state index in [1.165, 1.54) is 5.56 Å². The number of hydrogen-bond acceptors (Lipinski definition) is 2. The highest BCUT2D eigenvalue weighted by molar-refractivity contribution is 5.73. The Bertz CT molecular complexity index is 444. The Morgan fingerprint density at radius 2 is 1.70 bits per heavy atom. The fourth-order valence-corrected chi connectivity index (χ4v) is 1.74. The standard InChI is InChI=1S/C17H26O3/c1-6-16(2,3)13-7-9-14(10-8-13)20-12-11-17(4,5)15(18)19/h7-10H,6,11-12H2,1-5H3,(H,18,19). The molecule has 1 rings (SSSR count). The molecule has 0 aliphatic rings. The predicted octanol–water partition coefficient (Wildman–Crippen LogP) is 4.25. The second-order valence-corrected chi connectivity index (χ2v) is 6.55. The molecule has 0 amide bonds. The smallest absolute Gasteiger partial charge is 0.309 e. The van der Waals surface area contributed by atoms with Crippen LogP contribution in [0.3, 0.4) is 0 Å². The van der Waals surface area contributed by atoms with Crippen molar-refractivity contribution in [2.45, 2.75) is 52.9 Å². The maximum atomic E-state index is 11.0. The van der Waals surface area contributed by atoms with E-state index in [1.807, 2.05) is 12.1 Å². The number of benzene rings is 1. The average molecular weight is 278 g/mol. The topological polar surface area (TPSA) is 46.5 Å². The molecule has 1 N–H and O–H groups in total. The summed E-state index contributed by atoms with van der Waals surface area (Å²) < 4.78 is 5.63. The van der Waals surface area contributed by atoms with E-state index in [9.17, 15) is 4.79 Å². The van der Waals surface area contributed by atoms with Gasteiger partial charge in [-0.15, -0.1) is 0 Å². The third-order valence-electron chi connectivity index (χ3n) is 4.09. The van der Waals surface area contributed by atoms with Gasteiger partial charge < -0.3 is 9.84 Å². The first-order valence-corrected chi connectivity index (χ1v) is 7.16. The lowest BCUT2D eigenvalue weighted by atomic mass is 9.82. The van der Waals surface area contributed by atoms with Crippen molar-refractivity contribution in [2.24, 2.45) is 5.41 Å². The van der Waals surface area contributed by atoms with Gasteiger partial charge in [0.25, 0.3) is 0 Å². The van der Waals surface area contributed by atoms with Crippen molar-refractivity contribution in [3.8, 4) is 5.75 Å². The van der Waals surface area contributed by atoms with E-state index in [4.69, 9.17) is 9.84 Å². The summed E-state index contributed by atoms with van der Waals surface area (Å²) in [6, 6.07) is 8.09. The Balaban J connectivity index is 2.57. The van der Waals surface area contributed by atoms with Gasteiger partial charge in [-0.25, -0.2) is 0 Å². The summed E-state index contributed by atoms with van der Waals surface area (Å²) in [7, 11) is 0. The van der Waals surface area contributed by atoms with Gasteiger partial charge in [0.05, 0.1) is 12.0 Å². The Hall–Kier alpha value is -1.51. The molecule has 0 saturated heterocycles. The van der Waals surface area contributed by atoms with Crippen LogP contribution in [0.5, 0.6) is 5.75 Å². The van der Waals surface area contributed by atoms with Gasteiger partial charge in [0.1, 0.15) is 5.75 Å². The SMILES string of the molecule is CCC(C)(C)c1ccc(OCCC(C)(C)C(=O)O)cc1. The maximum absolute atomic E-state index is 11.0. The van der Waals surface area contributed by atoms with E-state index in [2.05, 4.69) is 32.9 Å². The van der Waals surface area contributed by atoms with Crippen LogP contribution in [0.15, 0.2) is 24.3 Å².